The number of nitrogens with two attached hydrogens (primary N) is 1. The van der Waals surface area contributed by atoms with Crippen molar-refractivity contribution in [2.24, 2.45) is 0 Å². The molecule has 0 radical (unpaired) electrons. The predicted molar refractivity (Wildman–Crippen MR) is 90.6 cm³/mol. The van der Waals surface area contributed by atoms with E-state index < -0.39 is 0 Å². The minimum Gasteiger partial charge on any atom is -0.397 e. The van der Waals surface area contributed by atoms with Crippen molar-refractivity contribution in [3.63, 3.8) is 0 Å². The van der Waals surface area contributed by atoms with Gasteiger partial charge in [0.15, 0.2) is 0 Å². The van der Waals surface area contributed by atoms with Gasteiger partial charge in [0.2, 0.25) is 5.91 Å². The Kier molecular flexibility index (Phi) is 5.27. The number of nitrogens with one attached hydrogen (secondary N) is 1. The first-order chi connectivity index (χ1) is 9.55. The van der Waals surface area contributed by atoms with E-state index in [0.29, 0.717) is 5.69 Å². The Morgan fingerprint density at radius 1 is 1.55 bits per heavy atom. The van der Waals surface area contributed by atoms with E-state index in [4.69, 9.17) is 5.73 Å². The zero-order chi connectivity index (χ0) is 14.6. The molecule has 2 rings (SSSR count). The fourth-order valence-electron chi connectivity index (χ4n) is 2.17. The second-order valence-corrected chi connectivity index (χ2v) is 8.00. The van der Waals surface area contributed by atoms with E-state index in [1.165, 1.54) is 0 Å². The van der Waals surface area contributed by atoms with Crippen LogP contribution in [0.25, 0.3) is 0 Å². The number of benzene rings is 1. The van der Waals surface area contributed by atoms with Crippen LogP contribution in [-0.4, -0.2) is 22.2 Å². The van der Waals surface area contributed by atoms with Crippen LogP contribution < -0.4 is 11.1 Å². The molecule has 0 saturated carbocycles. The fourth-order valence-corrected chi connectivity index (χ4v) is 4.18. The second-order valence-electron chi connectivity index (χ2n) is 5.23. The molecule has 1 aromatic carbocycles. The molecule has 1 atom stereocenters. The molecule has 1 saturated heterocycles. The lowest BCUT2D eigenvalue weighted by atomic mass is 10.0. The van der Waals surface area contributed by atoms with Crippen molar-refractivity contribution < 1.29 is 4.79 Å². The van der Waals surface area contributed by atoms with Crippen molar-refractivity contribution in [1.82, 2.24) is 0 Å². The Morgan fingerprint density at radius 3 is 3.00 bits per heavy atom. The summed E-state index contributed by atoms with van der Waals surface area (Å²) in [5, 5.41) is 3.01. The molecule has 1 amide bonds. The standard InChI is InChI=1S/C15H22N2OS2/c1-3-8-19-11-5-6-12(16)13(10-11)17-14(18)15(2)7-4-9-20-15/h5-6,10H,3-4,7-9,16H2,1-2H3,(H,17,18). The molecule has 0 aromatic heterocycles. The molecule has 5 heteroatoms. The zero-order valence-corrected chi connectivity index (χ0v) is 13.7. The number of carbonyl (C=O) groups excluding carboxylic acids is 1. The van der Waals surface area contributed by atoms with E-state index in [9.17, 15) is 4.79 Å². The van der Waals surface area contributed by atoms with Crippen LogP contribution in [0.1, 0.15) is 33.1 Å². The van der Waals surface area contributed by atoms with E-state index in [-0.39, 0.29) is 10.7 Å². The molecule has 20 heavy (non-hydrogen) atoms. The van der Waals surface area contributed by atoms with Crippen molar-refractivity contribution in [2.75, 3.05) is 22.6 Å². The molecule has 1 fully saturated rings. The van der Waals surface area contributed by atoms with Gasteiger partial charge in [-0.25, -0.2) is 0 Å². The topological polar surface area (TPSA) is 55.1 Å². The average molecular weight is 310 g/mol. The molecule has 1 aromatic rings. The molecule has 3 nitrogen and oxygen atoms in total. The monoisotopic (exact) mass is 310 g/mol. The molecule has 1 unspecified atom stereocenters. The summed E-state index contributed by atoms with van der Waals surface area (Å²) < 4.78 is -0.307. The average Bonchev–Trinajstić information content (AvgIpc) is 2.88. The van der Waals surface area contributed by atoms with Crippen molar-refractivity contribution in [2.45, 2.75) is 42.8 Å². The minimum atomic E-state index is -0.307. The Balaban J connectivity index is 2.09. The molecular formula is C15H22N2OS2. The van der Waals surface area contributed by atoms with Crippen LogP contribution in [-0.2, 0) is 4.79 Å². The summed E-state index contributed by atoms with van der Waals surface area (Å²) in [6.45, 7) is 4.18. The second kappa shape index (κ2) is 6.76. The Bertz CT molecular complexity index is 485. The number of rotatable bonds is 5. The maximum absolute atomic E-state index is 12.4. The van der Waals surface area contributed by atoms with Crippen molar-refractivity contribution >= 4 is 40.8 Å². The Morgan fingerprint density at radius 2 is 2.35 bits per heavy atom. The number of amides is 1. The van der Waals surface area contributed by atoms with Gasteiger partial charge in [-0.15, -0.1) is 23.5 Å². The minimum absolute atomic E-state index is 0.0735. The largest absolute Gasteiger partial charge is 0.397 e. The lowest BCUT2D eigenvalue weighted by molar-refractivity contribution is -0.118. The lowest BCUT2D eigenvalue weighted by Gasteiger charge is -2.22. The van der Waals surface area contributed by atoms with Crippen molar-refractivity contribution in [3.05, 3.63) is 18.2 Å². The van der Waals surface area contributed by atoms with Gasteiger partial charge in [-0.05, 0) is 55.9 Å². The van der Waals surface area contributed by atoms with E-state index >= 15 is 0 Å². The van der Waals surface area contributed by atoms with Crippen LogP contribution in [0.15, 0.2) is 23.1 Å². The van der Waals surface area contributed by atoms with Crippen LogP contribution in [0, 0.1) is 0 Å². The summed E-state index contributed by atoms with van der Waals surface area (Å²) in [5.74, 6) is 2.21. The first-order valence-corrected chi connectivity index (χ1v) is 9.00. The summed E-state index contributed by atoms with van der Waals surface area (Å²) in [4.78, 5) is 13.6. The predicted octanol–water partition coefficient (Wildman–Crippen LogP) is 4.00. The van der Waals surface area contributed by atoms with Crippen LogP contribution in [0.3, 0.4) is 0 Å². The SMILES string of the molecule is CCCSc1ccc(N)c(NC(=O)C2(C)CCCS2)c1. The molecule has 0 aliphatic carbocycles. The van der Waals surface area contributed by atoms with Gasteiger partial charge >= 0.3 is 0 Å². The van der Waals surface area contributed by atoms with Crippen molar-refractivity contribution in [1.29, 1.82) is 0 Å². The first-order valence-electron chi connectivity index (χ1n) is 7.03. The van der Waals surface area contributed by atoms with Crippen LogP contribution >= 0.6 is 23.5 Å². The number of hydrogen-bond acceptors (Lipinski definition) is 4. The van der Waals surface area contributed by atoms with Gasteiger partial charge in [0.05, 0.1) is 16.1 Å². The molecule has 1 aliphatic rings. The molecule has 1 heterocycles. The molecule has 0 spiro atoms. The zero-order valence-electron chi connectivity index (χ0n) is 12.1. The third-order valence-electron chi connectivity index (χ3n) is 3.44. The van der Waals surface area contributed by atoms with Gasteiger partial charge < -0.3 is 11.1 Å². The van der Waals surface area contributed by atoms with Gasteiger partial charge in [0.1, 0.15) is 0 Å². The summed E-state index contributed by atoms with van der Waals surface area (Å²) >= 11 is 3.53. The Hall–Kier alpha value is -0.810. The molecule has 3 N–H and O–H groups in total. The molecule has 0 bridgehead atoms. The van der Waals surface area contributed by atoms with E-state index in [1.54, 1.807) is 23.5 Å². The van der Waals surface area contributed by atoms with Gasteiger partial charge in [0.25, 0.3) is 0 Å². The highest BCUT2D eigenvalue weighted by molar-refractivity contribution is 8.01. The Labute approximate surface area is 129 Å². The number of thioether (sulfide) groups is 2. The van der Waals surface area contributed by atoms with Crippen LogP contribution in [0.4, 0.5) is 11.4 Å². The summed E-state index contributed by atoms with van der Waals surface area (Å²) in [5.41, 5.74) is 7.35. The summed E-state index contributed by atoms with van der Waals surface area (Å²) in [6.07, 6.45) is 3.18. The number of anilines is 2. The maximum Gasteiger partial charge on any atom is 0.240 e. The lowest BCUT2D eigenvalue weighted by Crippen LogP contribution is -2.34. The maximum atomic E-state index is 12.4. The van der Waals surface area contributed by atoms with Gasteiger partial charge in [0, 0.05) is 4.90 Å². The number of hydrogen-bond donors (Lipinski definition) is 2. The summed E-state index contributed by atoms with van der Waals surface area (Å²) in [6, 6.07) is 5.87. The quantitative estimate of drug-likeness (QED) is 0.637. The third-order valence-corrected chi connectivity index (χ3v) is 6.16. The smallest absolute Gasteiger partial charge is 0.240 e. The third kappa shape index (κ3) is 3.64. The fraction of sp³-hybridized carbons (Fsp3) is 0.533. The highest BCUT2D eigenvalue weighted by atomic mass is 32.2. The van der Waals surface area contributed by atoms with E-state index in [0.717, 1.165) is 41.4 Å². The van der Waals surface area contributed by atoms with Gasteiger partial charge in [-0.3, -0.25) is 4.79 Å². The van der Waals surface area contributed by atoms with Gasteiger partial charge in [-0.2, -0.15) is 0 Å². The normalized spacial score (nSPS) is 21.9. The number of carbonyl (C=O) groups is 1. The highest BCUT2D eigenvalue weighted by Gasteiger charge is 2.37. The van der Waals surface area contributed by atoms with E-state index in [1.807, 2.05) is 25.1 Å². The van der Waals surface area contributed by atoms with Gasteiger partial charge in [-0.1, -0.05) is 6.92 Å². The van der Waals surface area contributed by atoms with Crippen molar-refractivity contribution in [3.8, 4) is 0 Å². The van der Waals surface area contributed by atoms with Crippen LogP contribution in [0.2, 0.25) is 0 Å². The molecular weight excluding hydrogens is 288 g/mol. The highest BCUT2D eigenvalue weighted by Crippen LogP contribution is 2.39. The first kappa shape index (κ1) is 15.6. The van der Waals surface area contributed by atoms with E-state index in [2.05, 4.69) is 12.2 Å². The van der Waals surface area contributed by atoms with Crippen LogP contribution in [0.5, 0.6) is 0 Å². The number of nitrogen functional groups attached to an aromatic ring is 1. The molecule has 110 valence electrons. The molecule has 1 aliphatic heterocycles. The summed E-state index contributed by atoms with van der Waals surface area (Å²) in [7, 11) is 0.